The molecule has 1 aliphatic rings. The molecule has 170 valence electrons. The molecule has 0 bridgehead atoms. The number of carbonyl (C=O) groups is 1. The van der Waals surface area contributed by atoms with E-state index < -0.39 is 8.07 Å². The van der Waals surface area contributed by atoms with E-state index in [4.69, 9.17) is 9.72 Å². The highest BCUT2D eigenvalue weighted by Gasteiger charge is 2.25. The van der Waals surface area contributed by atoms with Gasteiger partial charge in [-0.1, -0.05) is 19.6 Å². The number of aromatic nitrogens is 4. The van der Waals surface area contributed by atoms with Crippen molar-refractivity contribution in [3.63, 3.8) is 0 Å². The van der Waals surface area contributed by atoms with E-state index in [-0.39, 0.29) is 11.9 Å². The molecular weight excluding hydrogens is 420 g/mol. The Balaban J connectivity index is 1.48. The van der Waals surface area contributed by atoms with Crippen LogP contribution in [0.2, 0.25) is 25.7 Å². The van der Waals surface area contributed by atoms with E-state index in [9.17, 15) is 4.79 Å². The molecule has 0 aromatic carbocycles. The van der Waals surface area contributed by atoms with Crippen LogP contribution in [0.4, 0.5) is 5.82 Å². The fourth-order valence-corrected chi connectivity index (χ4v) is 4.58. The summed E-state index contributed by atoms with van der Waals surface area (Å²) in [7, 11) is -1.10. The fraction of sp³-hybridized carbons (Fsp3) is 0.478. The van der Waals surface area contributed by atoms with E-state index in [1.807, 2.05) is 33.9 Å². The molecule has 3 aromatic rings. The Morgan fingerprint density at radius 1 is 1.28 bits per heavy atom. The number of likely N-dealkylation sites (tertiary alicyclic amines) is 1. The summed E-state index contributed by atoms with van der Waals surface area (Å²) in [6.07, 6.45) is 6.43. The van der Waals surface area contributed by atoms with Gasteiger partial charge in [-0.2, -0.15) is 0 Å². The van der Waals surface area contributed by atoms with Crippen molar-refractivity contribution in [2.75, 3.05) is 25.0 Å². The van der Waals surface area contributed by atoms with Crippen molar-refractivity contribution in [3.05, 3.63) is 36.8 Å². The van der Waals surface area contributed by atoms with Crippen LogP contribution in [-0.2, 0) is 16.3 Å². The predicted octanol–water partition coefficient (Wildman–Crippen LogP) is 3.84. The van der Waals surface area contributed by atoms with Gasteiger partial charge in [-0.05, 0) is 30.7 Å². The Bertz CT molecular complexity index is 1090. The number of pyridine rings is 1. The molecular formula is C23H32N6O2Si. The van der Waals surface area contributed by atoms with Gasteiger partial charge < -0.3 is 19.5 Å². The zero-order chi connectivity index (χ0) is 22.7. The highest BCUT2D eigenvalue weighted by molar-refractivity contribution is 6.76. The second-order valence-electron chi connectivity index (χ2n) is 9.59. The first-order chi connectivity index (χ1) is 15.3. The average Bonchev–Trinajstić information content (AvgIpc) is 3.38. The van der Waals surface area contributed by atoms with Crippen LogP contribution in [0.5, 0.6) is 0 Å². The summed E-state index contributed by atoms with van der Waals surface area (Å²) >= 11 is 0. The number of nitrogens with one attached hydrogen (secondary N) is 1. The molecule has 0 spiro atoms. The molecule has 0 radical (unpaired) electrons. The Morgan fingerprint density at radius 2 is 2.12 bits per heavy atom. The van der Waals surface area contributed by atoms with Crippen LogP contribution < -0.4 is 5.32 Å². The van der Waals surface area contributed by atoms with Gasteiger partial charge >= 0.3 is 0 Å². The molecule has 8 nitrogen and oxygen atoms in total. The molecule has 1 aliphatic heterocycles. The number of rotatable bonds is 8. The van der Waals surface area contributed by atoms with Crippen LogP contribution in [-0.4, -0.2) is 64.1 Å². The predicted molar refractivity (Wildman–Crippen MR) is 129 cm³/mol. The Morgan fingerprint density at radius 3 is 2.88 bits per heavy atom. The summed E-state index contributed by atoms with van der Waals surface area (Å²) in [5.74, 6) is 0.881. The van der Waals surface area contributed by atoms with Crippen molar-refractivity contribution >= 4 is 31.0 Å². The molecule has 1 fully saturated rings. The molecule has 32 heavy (non-hydrogen) atoms. The summed E-state index contributed by atoms with van der Waals surface area (Å²) < 4.78 is 7.87. The summed E-state index contributed by atoms with van der Waals surface area (Å²) in [6.45, 7) is 11.4. The number of carbonyl (C=O) groups excluding carboxylic acids is 1. The monoisotopic (exact) mass is 452 g/mol. The van der Waals surface area contributed by atoms with Gasteiger partial charge in [0.2, 0.25) is 5.91 Å². The van der Waals surface area contributed by atoms with Crippen LogP contribution in [0, 0.1) is 0 Å². The molecule has 9 heteroatoms. The van der Waals surface area contributed by atoms with Gasteiger partial charge in [0, 0.05) is 58.7 Å². The average molecular weight is 453 g/mol. The van der Waals surface area contributed by atoms with Gasteiger partial charge in [0.05, 0.1) is 11.9 Å². The molecule has 0 aliphatic carbocycles. The number of hydrogen-bond donors (Lipinski definition) is 1. The maximum Gasteiger partial charge on any atom is 0.219 e. The van der Waals surface area contributed by atoms with Gasteiger partial charge in [-0.25, -0.2) is 15.0 Å². The smallest absolute Gasteiger partial charge is 0.219 e. The highest BCUT2D eigenvalue weighted by Crippen LogP contribution is 2.27. The fourth-order valence-electron chi connectivity index (χ4n) is 3.82. The second kappa shape index (κ2) is 9.38. The third kappa shape index (κ3) is 5.33. The van der Waals surface area contributed by atoms with Crippen molar-refractivity contribution in [2.45, 2.75) is 51.8 Å². The molecule has 0 saturated carbocycles. The van der Waals surface area contributed by atoms with Gasteiger partial charge in [-0.15, -0.1) is 0 Å². The molecule has 1 amide bonds. The Labute approximate surface area is 190 Å². The molecule has 4 heterocycles. The minimum absolute atomic E-state index is 0.112. The van der Waals surface area contributed by atoms with Crippen LogP contribution in [0.25, 0.3) is 22.4 Å². The topological polar surface area (TPSA) is 85.2 Å². The number of fused-ring (bicyclic) bond motifs is 1. The van der Waals surface area contributed by atoms with Crippen molar-refractivity contribution < 1.29 is 9.53 Å². The van der Waals surface area contributed by atoms with E-state index >= 15 is 0 Å². The van der Waals surface area contributed by atoms with E-state index in [0.29, 0.717) is 13.3 Å². The lowest BCUT2D eigenvalue weighted by atomic mass is 10.1. The van der Waals surface area contributed by atoms with Crippen LogP contribution >= 0.6 is 0 Å². The van der Waals surface area contributed by atoms with E-state index in [1.165, 1.54) is 0 Å². The minimum Gasteiger partial charge on any atom is -0.365 e. The van der Waals surface area contributed by atoms with Gasteiger partial charge in [-0.3, -0.25) is 4.79 Å². The summed E-state index contributed by atoms with van der Waals surface area (Å²) in [5, 5.41) is 3.50. The number of hydrogen-bond acceptors (Lipinski definition) is 6. The molecule has 1 saturated heterocycles. The lowest BCUT2D eigenvalue weighted by molar-refractivity contribution is -0.127. The molecule has 3 aromatic heterocycles. The van der Waals surface area contributed by atoms with Crippen molar-refractivity contribution in [3.8, 4) is 11.3 Å². The van der Waals surface area contributed by atoms with Crippen molar-refractivity contribution in [2.24, 2.45) is 0 Å². The normalized spacial score (nSPS) is 16.6. The van der Waals surface area contributed by atoms with Crippen LogP contribution in [0.15, 0.2) is 36.8 Å². The van der Waals surface area contributed by atoms with Crippen LogP contribution in [0.1, 0.15) is 13.3 Å². The number of anilines is 1. The highest BCUT2D eigenvalue weighted by atomic mass is 28.3. The van der Waals surface area contributed by atoms with Gasteiger partial charge in [0.15, 0.2) is 5.65 Å². The number of amides is 1. The first-order valence-electron chi connectivity index (χ1n) is 11.2. The lowest BCUT2D eigenvalue weighted by Gasteiger charge is -2.17. The third-order valence-corrected chi connectivity index (χ3v) is 7.45. The van der Waals surface area contributed by atoms with Crippen LogP contribution in [0.3, 0.4) is 0 Å². The zero-order valence-corrected chi connectivity index (χ0v) is 20.3. The van der Waals surface area contributed by atoms with Crippen molar-refractivity contribution in [1.82, 2.24) is 24.4 Å². The first kappa shape index (κ1) is 22.4. The third-order valence-electron chi connectivity index (χ3n) is 5.75. The Kier molecular flexibility index (Phi) is 6.57. The van der Waals surface area contributed by atoms with E-state index in [2.05, 4.69) is 34.9 Å². The van der Waals surface area contributed by atoms with E-state index in [0.717, 1.165) is 53.9 Å². The van der Waals surface area contributed by atoms with Gasteiger partial charge in [0.25, 0.3) is 0 Å². The molecule has 1 atom stereocenters. The summed E-state index contributed by atoms with van der Waals surface area (Å²) in [5.41, 5.74) is 3.32. The second-order valence-corrected chi connectivity index (χ2v) is 15.2. The lowest BCUT2D eigenvalue weighted by Crippen LogP contribution is -2.29. The molecule has 4 rings (SSSR count). The Hall–Kier alpha value is -2.78. The number of nitrogens with zero attached hydrogens (tertiary/aromatic N) is 5. The SMILES string of the molecule is CC(=O)N1CCC(Nc2ncccc2-c2cnc3c(ccn3COCC[Si](C)(C)C)n2)C1. The molecule has 1 N–H and O–H groups in total. The largest absolute Gasteiger partial charge is 0.365 e. The maximum atomic E-state index is 11.6. The van der Waals surface area contributed by atoms with Gasteiger partial charge in [0.1, 0.15) is 18.1 Å². The summed E-state index contributed by atoms with van der Waals surface area (Å²) in [4.78, 5) is 27.6. The van der Waals surface area contributed by atoms with E-state index in [1.54, 1.807) is 19.3 Å². The standard InChI is InChI=1S/C23H32N6O2Si/c1-17(30)28-10-7-18(15-28)26-22-19(6-5-9-24-22)21-14-25-23-20(27-21)8-11-29(23)16-31-12-13-32(2,3)4/h5-6,8-9,11,14,18H,7,10,12-13,15-16H2,1-4H3,(H,24,26). The molecule has 1 unspecified atom stereocenters. The quantitative estimate of drug-likeness (QED) is 0.413. The number of ether oxygens (including phenoxy) is 1. The maximum absolute atomic E-state index is 11.6. The summed E-state index contributed by atoms with van der Waals surface area (Å²) in [6, 6.07) is 7.20. The minimum atomic E-state index is -1.10. The zero-order valence-electron chi connectivity index (χ0n) is 19.3. The first-order valence-corrected chi connectivity index (χ1v) is 14.9. The van der Waals surface area contributed by atoms with Crippen molar-refractivity contribution in [1.29, 1.82) is 0 Å².